The molecule has 21 heavy (non-hydrogen) atoms. The van der Waals surface area contributed by atoms with Gasteiger partial charge in [-0.3, -0.25) is 0 Å². The van der Waals surface area contributed by atoms with Gasteiger partial charge in [0.2, 0.25) is 5.95 Å². The monoisotopic (exact) mass is 291 g/mol. The normalized spacial score (nSPS) is 25.8. The Labute approximate surface area is 124 Å². The molecule has 1 aromatic heterocycles. The van der Waals surface area contributed by atoms with Crippen molar-refractivity contribution in [1.82, 2.24) is 9.97 Å². The lowest BCUT2D eigenvalue weighted by atomic mass is 10.1. The lowest BCUT2D eigenvalue weighted by molar-refractivity contribution is -0.00574. The van der Waals surface area contributed by atoms with Gasteiger partial charge in [0.1, 0.15) is 0 Å². The van der Waals surface area contributed by atoms with Gasteiger partial charge >= 0.3 is 5.97 Å². The third-order valence-corrected chi connectivity index (χ3v) is 3.88. The molecule has 3 rings (SSSR count). The number of morpholine rings is 1. The van der Waals surface area contributed by atoms with Gasteiger partial charge in [-0.05, 0) is 26.7 Å². The standard InChI is InChI=1S/C15H21N3O3/c1-9-7-18(8-10(2)21-9)15-16-6-12(14(19)20-3)13(17-15)11-4-5-11/h6,9-11H,4-5,7-8H2,1-3H3. The van der Waals surface area contributed by atoms with Crippen molar-refractivity contribution >= 4 is 11.9 Å². The second-order valence-electron chi connectivity index (χ2n) is 5.90. The summed E-state index contributed by atoms with van der Waals surface area (Å²) in [5.74, 6) is 0.704. The third kappa shape index (κ3) is 3.00. The lowest BCUT2D eigenvalue weighted by Gasteiger charge is -2.35. The molecular formula is C15H21N3O3. The number of esters is 1. The summed E-state index contributed by atoms with van der Waals surface area (Å²) < 4.78 is 10.6. The minimum atomic E-state index is -0.354. The molecule has 2 heterocycles. The molecule has 1 aliphatic carbocycles. The number of ether oxygens (including phenoxy) is 2. The number of nitrogens with zero attached hydrogens (tertiary/aromatic N) is 3. The van der Waals surface area contributed by atoms with E-state index in [2.05, 4.69) is 14.9 Å². The van der Waals surface area contributed by atoms with Crippen LogP contribution in [-0.4, -0.2) is 48.3 Å². The molecule has 1 aromatic rings. The van der Waals surface area contributed by atoms with Gasteiger partial charge in [0.15, 0.2) is 0 Å². The number of carbonyl (C=O) groups is 1. The highest BCUT2D eigenvalue weighted by atomic mass is 16.5. The Balaban J connectivity index is 1.89. The molecule has 2 atom stereocenters. The number of hydrogen-bond acceptors (Lipinski definition) is 6. The topological polar surface area (TPSA) is 64.5 Å². The molecule has 6 heteroatoms. The van der Waals surface area contributed by atoms with Gasteiger partial charge in [0, 0.05) is 25.2 Å². The first-order valence-electron chi connectivity index (χ1n) is 7.44. The zero-order valence-corrected chi connectivity index (χ0v) is 12.7. The van der Waals surface area contributed by atoms with Crippen molar-refractivity contribution in [1.29, 1.82) is 0 Å². The predicted octanol–water partition coefficient (Wildman–Crippen LogP) is 1.75. The van der Waals surface area contributed by atoms with Gasteiger partial charge in [-0.1, -0.05) is 0 Å². The molecule has 114 valence electrons. The van der Waals surface area contributed by atoms with Crippen LogP contribution in [0.4, 0.5) is 5.95 Å². The van der Waals surface area contributed by atoms with Crippen LogP contribution in [0.25, 0.3) is 0 Å². The molecule has 1 aliphatic heterocycles. The van der Waals surface area contributed by atoms with Gasteiger partial charge < -0.3 is 14.4 Å². The maximum atomic E-state index is 11.8. The molecule has 0 aromatic carbocycles. The van der Waals surface area contributed by atoms with Gasteiger partial charge in [0.25, 0.3) is 0 Å². The van der Waals surface area contributed by atoms with E-state index in [0.29, 0.717) is 17.4 Å². The number of methoxy groups -OCH3 is 1. The molecular weight excluding hydrogens is 270 g/mol. The fourth-order valence-corrected chi connectivity index (χ4v) is 2.81. The second kappa shape index (κ2) is 5.60. The van der Waals surface area contributed by atoms with Crippen molar-refractivity contribution in [3.8, 4) is 0 Å². The Kier molecular flexibility index (Phi) is 3.80. The van der Waals surface area contributed by atoms with Crippen molar-refractivity contribution < 1.29 is 14.3 Å². The maximum Gasteiger partial charge on any atom is 0.341 e. The molecule has 1 saturated carbocycles. The van der Waals surface area contributed by atoms with Gasteiger partial charge in [-0.15, -0.1) is 0 Å². The molecule has 0 N–H and O–H groups in total. The van der Waals surface area contributed by atoms with E-state index in [4.69, 9.17) is 9.47 Å². The third-order valence-electron chi connectivity index (χ3n) is 3.88. The lowest BCUT2D eigenvalue weighted by Crippen LogP contribution is -2.46. The number of rotatable bonds is 3. The average Bonchev–Trinajstić information content (AvgIpc) is 3.29. The summed E-state index contributed by atoms with van der Waals surface area (Å²) in [6, 6.07) is 0. The Morgan fingerprint density at radius 1 is 1.33 bits per heavy atom. The van der Waals surface area contributed by atoms with E-state index in [9.17, 15) is 4.79 Å². The first-order valence-corrected chi connectivity index (χ1v) is 7.44. The molecule has 2 fully saturated rings. The SMILES string of the molecule is COC(=O)c1cnc(N2CC(C)OC(C)C2)nc1C1CC1. The molecule has 1 saturated heterocycles. The second-order valence-corrected chi connectivity index (χ2v) is 5.90. The number of aromatic nitrogens is 2. The van der Waals surface area contributed by atoms with Crippen molar-refractivity contribution in [2.75, 3.05) is 25.1 Å². The summed E-state index contributed by atoms with van der Waals surface area (Å²) in [6.45, 7) is 5.64. The Bertz CT molecular complexity index is 535. The zero-order chi connectivity index (χ0) is 15.0. The van der Waals surface area contributed by atoms with E-state index in [-0.39, 0.29) is 18.2 Å². The minimum absolute atomic E-state index is 0.155. The largest absolute Gasteiger partial charge is 0.465 e. The van der Waals surface area contributed by atoms with Crippen LogP contribution in [0.15, 0.2) is 6.20 Å². The van der Waals surface area contributed by atoms with Gasteiger partial charge in [0.05, 0.1) is 30.6 Å². The molecule has 0 spiro atoms. The summed E-state index contributed by atoms with van der Waals surface area (Å²) in [4.78, 5) is 23.0. The first kappa shape index (κ1) is 14.3. The van der Waals surface area contributed by atoms with Crippen LogP contribution in [0.3, 0.4) is 0 Å². The van der Waals surface area contributed by atoms with Gasteiger partial charge in [-0.25, -0.2) is 14.8 Å². The van der Waals surface area contributed by atoms with Crippen LogP contribution in [-0.2, 0) is 9.47 Å². The summed E-state index contributed by atoms with van der Waals surface area (Å²) in [7, 11) is 1.39. The van der Waals surface area contributed by atoms with Crippen LogP contribution in [0.1, 0.15) is 48.7 Å². The quantitative estimate of drug-likeness (QED) is 0.791. The minimum Gasteiger partial charge on any atom is -0.465 e. The van der Waals surface area contributed by atoms with E-state index in [1.54, 1.807) is 6.20 Å². The smallest absolute Gasteiger partial charge is 0.341 e. The van der Waals surface area contributed by atoms with Crippen LogP contribution in [0.5, 0.6) is 0 Å². The van der Waals surface area contributed by atoms with Crippen LogP contribution in [0, 0.1) is 0 Å². The number of hydrogen-bond donors (Lipinski definition) is 0. The Morgan fingerprint density at radius 2 is 2.00 bits per heavy atom. The van der Waals surface area contributed by atoms with Crippen molar-refractivity contribution in [2.45, 2.75) is 44.8 Å². The Hall–Kier alpha value is -1.69. The molecule has 2 unspecified atom stereocenters. The summed E-state index contributed by atoms with van der Waals surface area (Å²) >= 11 is 0. The van der Waals surface area contributed by atoms with Crippen molar-refractivity contribution in [2.24, 2.45) is 0 Å². The highest BCUT2D eigenvalue weighted by Gasteiger charge is 2.32. The van der Waals surface area contributed by atoms with E-state index in [1.165, 1.54) is 7.11 Å². The summed E-state index contributed by atoms with van der Waals surface area (Å²) in [5.41, 5.74) is 1.33. The van der Waals surface area contributed by atoms with E-state index >= 15 is 0 Å². The molecule has 0 amide bonds. The van der Waals surface area contributed by atoms with Crippen molar-refractivity contribution in [3.63, 3.8) is 0 Å². The van der Waals surface area contributed by atoms with Crippen LogP contribution in [0.2, 0.25) is 0 Å². The summed E-state index contributed by atoms with van der Waals surface area (Å²) in [5, 5.41) is 0. The molecule has 6 nitrogen and oxygen atoms in total. The van der Waals surface area contributed by atoms with E-state index in [1.807, 2.05) is 13.8 Å². The fraction of sp³-hybridized carbons (Fsp3) is 0.667. The van der Waals surface area contributed by atoms with E-state index < -0.39 is 0 Å². The van der Waals surface area contributed by atoms with Gasteiger partial charge in [-0.2, -0.15) is 0 Å². The fourth-order valence-electron chi connectivity index (χ4n) is 2.81. The van der Waals surface area contributed by atoms with Crippen molar-refractivity contribution in [3.05, 3.63) is 17.5 Å². The molecule has 2 aliphatic rings. The molecule has 0 bridgehead atoms. The van der Waals surface area contributed by atoms with E-state index in [0.717, 1.165) is 31.6 Å². The highest BCUT2D eigenvalue weighted by molar-refractivity contribution is 5.90. The first-order chi connectivity index (χ1) is 10.1. The number of carbonyl (C=O) groups excluding carboxylic acids is 1. The van der Waals surface area contributed by atoms with Crippen LogP contribution < -0.4 is 4.90 Å². The predicted molar refractivity (Wildman–Crippen MR) is 77.6 cm³/mol. The maximum absolute atomic E-state index is 11.8. The summed E-state index contributed by atoms with van der Waals surface area (Å²) in [6.07, 6.45) is 4.07. The number of anilines is 1. The zero-order valence-electron chi connectivity index (χ0n) is 12.7. The Morgan fingerprint density at radius 3 is 2.57 bits per heavy atom. The average molecular weight is 291 g/mol. The highest BCUT2D eigenvalue weighted by Crippen LogP contribution is 2.41. The van der Waals surface area contributed by atoms with Crippen LogP contribution >= 0.6 is 0 Å². The molecule has 0 radical (unpaired) electrons.